The molecule has 0 saturated heterocycles. The van der Waals surface area contributed by atoms with E-state index in [9.17, 15) is 0 Å². The van der Waals surface area contributed by atoms with E-state index in [0.29, 0.717) is 6.42 Å². The smallest absolute Gasteiger partial charge is 0.261 e. The highest BCUT2D eigenvalue weighted by Gasteiger charge is 1.88. The van der Waals surface area contributed by atoms with E-state index in [1.54, 1.807) is 12.4 Å². The van der Waals surface area contributed by atoms with Gasteiger partial charge in [0.2, 0.25) is 0 Å². The number of pyridine rings is 1. The first-order valence-corrected chi connectivity index (χ1v) is 2.98. The molecule has 50 valence electrons. The third kappa shape index (κ3) is 1.80. The van der Waals surface area contributed by atoms with Crippen molar-refractivity contribution < 1.29 is 4.79 Å². The number of hydrogen-bond donors (Lipinski definition) is 0. The summed E-state index contributed by atoms with van der Waals surface area (Å²) in [6.45, 7) is 0. The second kappa shape index (κ2) is 3.54. The summed E-state index contributed by atoms with van der Waals surface area (Å²) >= 11 is 0. The predicted octanol–water partition coefficient (Wildman–Crippen LogP) is 0.925. The molecule has 1 heterocycles. The molecule has 3 nitrogen and oxygen atoms in total. The van der Waals surface area contributed by atoms with E-state index >= 15 is 0 Å². The lowest BCUT2D eigenvalue weighted by molar-refractivity contribution is 0.00157. The minimum absolute atomic E-state index is 0.652. The van der Waals surface area contributed by atoms with Crippen molar-refractivity contribution in [2.24, 2.45) is 0 Å². The summed E-state index contributed by atoms with van der Waals surface area (Å²) < 4.78 is 0. The maximum Gasteiger partial charge on any atom is 0.261 e. The molecule has 0 atom stereocenters. The number of aromatic nitrogens is 1. The monoisotopic (exact) mass is 133 g/mol. The molecule has 0 spiro atoms. The number of rotatable bonds is 2. The lowest BCUT2D eigenvalue weighted by Crippen LogP contribution is -1.85. The Balaban J connectivity index is 2.67. The Labute approximate surface area is 59.0 Å². The predicted molar refractivity (Wildman–Crippen MR) is 37.6 cm³/mol. The van der Waals surface area contributed by atoms with E-state index in [1.165, 1.54) is 6.21 Å². The Morgan fingerprint density at radius 3 is 2.80 bits per heavy atom. The van der Waals surface area contributed by atoms with E-state index in [1.807, 2.05) is 12.1 Å². The molecule has 0 bridgehead atoms. The van der Waals surface area contributed by atoms with Gasteiger partial charge in [0.15, 0.2) is 0 Å². The van der Waals surface area contributed by atoms with Crippen LogP contribution in [0.5, 0.6) is 0 Å². The molecule has 0 N–H and O–H groups in total. The minimum Gasteiger partial charge on any atom is -0.362 e. The fraction of sp³-hybridized carbons (Fsp3) is 0.143. The third-order valence-electron chi connectivity index (χ3n) is 1.16. The van der Waals surface area contributed by atoms with Crippen LogP contribution < -0.4 is 0 Å². The Morgan fingerprint density at radius 2 is 2.20 bits per heavy atom. The largest absolute Gasteiger partial charge is 0.362 e. The summed E-state index contributed by atoms with van der Waals surface area (Å²) in [5.41, 5.74) is 9.17. The summed E-state index contributed by atoms with van der Waals surface area (Å²) in [7, 11) is 0. The van der Waals surface area contributed by atoms with Crippen LogP contribution in [0.15, 0.2) is 24.5 Å². The normalized spacial score (nSPS) is 8.40. The van der Waals surface area contributed by atoms with Gasteiger partial charge in [-0.15, -0.1) is 0 Å². The fourth-order valence-electron chi connectivity index (χ4n) is 0.665. The molecule has 1 aromatic heterocycles. The Hall–Kier alpha value is -1.47. The summed E-state index contributed by atoms with van der Waals surface area (Å²) in [5, 5.41) is 0. The first-order chi connectivity index (χ1) is 4.93. The highest BCUT2D eigenvalue weighted by molar-refractivity contribution is 5.55. The van der Waals surface area contributed by atoms with Crippen LogP contribution in [0.3, 0.4) is 0 Å². The zero-order chi connectivity index (χ0) is 7.23. The first kappa shape index (κ1) is 6.65. The van der Waals surface area contributed by atoms with Gasteiger partial charge in [0.1, 0.15) is 0 Å². The average molecular weight is 133 g/mol. The van der Waals surface area contributed by atoms with Gasteiger partial charge in [-0.1, -0.05) is 0 Å². The van der Waals surface area contributed by atoms with Crippen molar-refractivity contribution in [1.82, 2.24) is 4.98 Å². The van der Waals surface area contributed by atoms with Gasteiger partial charge in [0.25, 0.3) is 6.21 Å². The maximum absolute atomic E-state index is 8.08. The summed E-state index contributed by atoms with van der Waals surface area (Å²) in [5.74, 6) is 0. The minimum atomic E-state index is 0.652. The molecular weight excluding hydrogens is 126 g/mol. The van der Waals surface area contributed by atoms with Gasteiger partial charge in [0.05, 0.1) is 6.42 Å². The van der Waals surface area contributed by atoms with E-state index in [0.717, 1.165) is 5.56 Å². The molecule has 0 aromatic carbocycles. The number of nitrogens with zero attached hydrogens (tertiary/aromatic N) is 3. The van der Waals surface area contributed by atoms with Gasteiger partial charge in [-0.2, -0.15) is 4.79 Å². The quantitative estimate of drug-likeness (QED) is 0.336. The molecule has 0 aliphatic heterocycles. The maximum atomic E-state index is 8.08. The summed E-state index contributed by atoms with van der Waals surface area (Å²) in [6, 6.07) is 3.75. The standard InChI is InChI=1S/C7H7N3/c8-10-6-3-7-1-4-9-5-2-7/h1-2,4-6H,3H2. The Kier molecular flexibility index (Phi) is 2.35. The molecular formula is C7H7N3. The molecule has 0 fully saturated rings. The van der Waals surface area contributed by atoms with Crippen molar-refractivity contribution in [2.45, 2.75) is 6.42 Å². The van der Waals surface area contributed by atoms with Gasteiger partial charge in [-0.25, -0.2) is 0 Å². The van der Waals surface area contributed by atoms with Crippen LogP contribution in [-0.2, 0) is 6.42 Å². The molecule has 10 heavy (non-hydrogen) atoms. The lowest BCUT2D eigenvalue weighted by atomic mass is 10.2. The molecule has 0 aliphatic rings. The molecule has 0 aliphatic carbocycles. The SMILES string of the molecule is [N-]=[N+]=CCc1ccncc1. The molecule has 0 unspecified atom stereocenters. The van der Waals surface area contributed by atoms with Crippen molar-refractivity contribution in [3.05, 3.63) is 35.6 Å². The van der Waals surface area contributed by atoms with Crippen LogP contribution in [0.1, 0.15) is 5.56 Å². The van der Waals surface area contributed by atoms with Crippen molar-refractivity contribution >= 4 is 6.21 Å². The van der Waals surface area contributed by atoms with E-state index in [-0.39, 0.29) is 0 Å². The molecule has 0 amide bonds. The average Bonchev–Trinajstić information content (AvgIpc) is 2.03. The number of hydrogen-bond acceptors (Lipinski definition) is 1. The van der Waals surface area contributed by atoms with E-state index < -0.39 is 0 Å². The second-order valence-corrected chi connectivity index (χ2v) is 1.86. The Morgan fingerprint density at radius 1 is 1.50 bits per heavy atom. The second-order valence-electron chi connectivity index (χ2n) is 1.86. The van der Waals surface area contributed by atoms with Crippen LogP contribution in [0.4, 0.5) is 0 Å². The van der Waals surface area contributed by atoms with Crippen molar-refractivity contribution in [3.63, 3.8) is 0 Å². The molecule has 0 radical (unpaired) electrons. The van der Waals surface area contributed by atoms with Crippen LogP contribution in [-0.4, -0.2) is 16.0 Å². The zero-order valence-corrected chi connectivity index (χ0v) is 5.44. The topological polar surface area (TPSA) is 49.3 Å². The first-order valence-electron chi connectivity index (χ1n) is 2.98. The summed E-state index contributed by atoms with van der Waals surface area (Å²) in [4.78, 5) is 6.73. The van der Waals surface area contributed by atoms with E-state index in [4.69, 9.17) is 5.53 Å². The highest BCUT2D eigenvalue weighted by Crippen LogP contribution is 1.93. The fourth-order valence-corrected chi connectivity index (χ4v) is 0.665. The van der Waals surface area contributed by atoms with Crippen molar-refractivity contribution in [1.29, 1.82) is 0 Å². The van der Waals surface area contributed by atoms with Gasteiger partial charge in [-0.05, 0) is 17.7 Å². The molecule has 1 aromatic rings. The Bertz CT molecular complexity index is 236. The van der Waals surface area contributed by atoms with Gasteiger partial charge in [-0.3, -0.25) is 4.98 Å². The van der Waals surface area contributed by atoms with Gasteiger partial charge >= 0.3 is 0 Å². The summed E-state index contributed by atoms with van der Waals surface area (Å²) in [6.07, 6.45) is 5.51. The molecule has 1 rings (SSSR count). The van der Waals surface area contributed by atoms with Crippen LogP contribution in [0.2, 0.25) is 0 Å². The zero-order valence-electron chi connectivity index (χ0n) is 5.44. The third-order valence-corrected chi connectivity index (χ3v) is 1.16. The lowest BCUT2D eigenvalue weighted by Gasteiger charge is -1.87. The molecule has 3 heteroatoms. The van der Waals surface area contributed by atoms with Gasteiger partial charge < -0.3 is 5.53 Å². The van der Waals surface area contributed by atoms with Crippen LogP contribution in [0.25, 0.3) is 5.53 Å². The van der Waals surface area contributed by atoms with Crippen molar-refractivity contribution in [2.75, 3.05) is 0 Å². The van der Waals surface area contributed by atoms with Crippen LogP contribution >= 0.6 is 0 Å². The molecule has 0 saturated carbocycles. The van der Waals surface area contributed by atoms with Crippen molar-refractivity contribution in [3.8, 4) is 0 Å². The van der Waals surface area contributed by atoms with E-state index in [2.05, 4.69) is 9.77 Å². The van der Waals surface area contributed by atoms with Gasteiger partial charge in [0, 0.05) is 12.4 Å². The highest BCUT2D eigenvalue weighted by atomic mass is 14.8. The van der Waals surface area contributed by atoms with Crippen LogP contribution in [0, 0.1) is 0 Å².